The Morgan fingerprint density at radius 1 is 1.06 bits per heavy atom. The van der Waals surface area contributed by atoms with Crippen molar-refractivity contribution in [2.45, 2.75) is 13.8 Å². The van der Waals surface area contributed by atoms with Crippen LogP contribution in [0.1, 0.15) is 11.1 Å². The molecule has 0 heterocycles. The van der Waals surface area contributed by atoms with Crippen molar-refractivity contribution < 1.29 is 4.92 Å². The molecule has 0 saturated carbocycles. The summed E-state index contributed by atoms with van der Waals surface area (Å²) in [7, 11) is 0. The van der Waals surface area contributed by atoms with Crippen LogP contribution in [-0.2, 0) is 0 Å². The summed E-state index contributed by atoms with van der Waals surface area (Å²) < 4.78 is 0. The van der Waals surface area contributed by atoms with Gasteiger partial charge in [-0.3, -0.25) is 10.1 Å². The summed E-state index contributed by atoms with van der Waals surface area (Å²) in [5.41, 5.74) is 3.63. The number of hydrogen-bond donors (Lipinski definition) is 1. The first-order chi connectivity index (χ1) is 8.58. The molecule has 2 rings (SSSR count). The Labute approximate surface area is 105 Å². The fraction of sp³-hybridized carbons (Fsp3) is 0.143. The molecule has 4 heteroatoms. The maximum Gasteiger partial charge on any atom is 0.274 e. The van der Waals surface area contributed by atoms with E-state index in [1.165, 1.54) is 11.6 Å². The van der Waals surface area contributed by atoms with Crippen LogP contribution in [0.4, 0.5) is 17.1 Å². The highest BCUT2D eigenvalue weighted by Gasteiger charge is 2.12. The molecule has 0 aromatic heterocycles. The summed E-state index contributed by atoms with van der Waals surface area (Å²) in [5, 5.41) is 14.0. The van der Waals surface area contributed by atoms with Crippen molar-refractivity contribution in [3.63, 3.8) is 0 Å². The first-order valence-corrected chi connectivity index (χ1v) is 5.65. The van der Waals surface area contributed by atoms with Crippen LogP contribution in [0.15, 0.2) is 42.5 Å². The van der Waals surface area contributed by atoms with Gasteiger partial charge in [0, 0.05) is 17.4 Å². The van der Waals surface area contributed by atoms with Gasteiger partial charge in [0.15, 0.2) is 0 Å². The lowest BCUT2D eigenvalue weighted by molar-refractivity contribution is -0.385. The molecule has 2 aromatic rings. The molecule has 4 nitrogen and oxygen atoms in total. The van der Waals surface area contributed by atoms with Gasteiger partial charge in [-0.1, -0.05) is 23.8 Å². The highest BCUT2D eigenvalue weighted by molar-refractivity contribution is 5.67. The maximum absolute atomic E-state index is 10.8. The van der Waals surface area contributed by atoms with Gasteiger partial charge in [0.05, 0.1) is 10.5 Å². The third kappa shape index (κ3) is 2.48. The average molecular weight is 242 g/mol. The van der Waals surface area contributed by atoms with E-state index in [2.05, 4.69) is 5.32 Å². The fourth-order valence-electron chi connectivity index (χ4n) is 1.75. The fourth-order valence-corrected chi connectivity index (χ4v) is 1.75. The van der Waals surface area contributed by atoms with Gasteiger partial charge in [-0.05, 0) is 32.0 Å². The highest BCUT2D eigenvalue weighted by atomic mass is 16.6. The van der Waals surface area contributed by atoms with E-state index in [1.54, 1.807) is 13.0 Å². The molecule has 0 unspecified atom stereocenters. The Kier molecular flexibility index (Phi) is 3.28. The highest BCUT2D eigenvalue weighted by Crippen LogP contribution is 2.27. The minimum atomic E-state index is -0.365. The summed E-state index contributed by atoms with van der Waals surface area (Å²) in [6.07, 6.45) is 0. The normalized spacial score (nSPS) is 10.1. The quantitative estimate of drug-likeness (QED) is 0.654. The van der Waals surface area contributed by atoms with Crippen LogP contribution in [0.25, 0.3) is 0 Å². The second kappa shape index (κ2) is 4.87. The van der Waals surface area contributed by atoms with Crippen LogP contribution in [0.5, 0.6) is 0 Å². The van der Waals surface area contributed by atoms with Crippen LogP contribution in [0.2, 0.25) is 0 Å². The van der Waals surface area contributed by atoms with Crippen LogP contribution < -0.4 is 5.32 Å². The predicted octanol–water partition coefficient (Wildman–Crippen LogP) is 3.96. The lowest BCUT2D eigenvalue weighted by atomic mass is 10.1. The van der Waals surface area contributed by atoms with Crippen molar-refractivity contribution in [3.05, 3.63) is 63.7 Å². The van der Waals surface area contributed by atoms with E-state index >= 15 is 0 Å². The van der Waals surface area contributed by atoms with E-state index in [9.17, 15) is 10.1 Å². The number of nitro benzene ring substituents is 1. The molecule has 0 spiro atoms. The summed E-state index contributed by atoms with van der Waals surface area (Å²) >= 11 is 0. The Morgan fingerprint density at radius 3 is 2.33 bits per heavy atom. The molecule has 0 aliphatic heterocycles. The maximum atomic E-state index is 10.8. The largest absolute Gasteiger partial charge is 0.355 e. The van der Waals surface area contributed by atoms with Crippen molar-refractivity contribution in [2.75, 3.05) is 5.32 Å². The standard InChI is InChI=1S/C14H14N2O2/c1-10-6-8-12(9-7-10)15-13-4-3-5-14(11(13)2)16(17)18/h3-9,15H,1-2H3. The van der Waals surface area contributed by atoms with Gasteiger partial charge < -0.3 is 5.32 Å². The number of nitrogens with one attached hydrogen (secondary N) is 1. The molecule has 0 radical (unpaired) electrons. The molecule has 92 valence electrons. The van der Waals surface area contributed by atoms with Crippen LogP contribution >= 0.6 is 0 Å². The summed E-state index contributed by atoms with van der Waals surface area (Å²) in [4.78, 5) is 10.5. The van der Waals surface area contributed by atoms with Gasteiger partial charge in [0.2, 0.25) is 0 Å². The average Bonchev–Trinajstić information content (AvgIpc) is 2.34. The summed E-state index contributed by atoms with van der Waals surface area (Å²) in [5.74, 6) is 0. The molecule has 0 saturated heterocycles. The Hall–Kier alpha value is -2.36. The first kappa shape index (κ1) is 12.1. The number of hydrogen-bond acceptors (Lipinski definition) is 3. The van der Waals surface area contributed by atoms with E-state index in [0.717, 1.165) is 11.4 Å². The summed E-state index contributed by atoms with van der Waals surface area (Å²) in [6, 6.07) is 12.9. The second-order valence-corrected chi connectivity index (χ2v) is 4.20. The van der Waals surface area contributed by atoms with Crippen molar-refractivity contribution in [1.29, 1.82) is 0 Å². The first-order valence-electron chi connectivity index (χ1n) is 5.65. The van der Waals surface area contributed by atoms with Crippen LogP contribution in [0.3, 0.4) is 0 Å². The molecule has 0 atom stereocenters. The Balaban J connectivity index is 2.32. The lowest BCUT2D eigenvalue weighted by Gasteiger charge is -2.09. The molecular formula is C14H14N2O2. The summed E-state index contributed by atoms with van der Waals surface area (Å²) in [6.45, 7) is 3.76. The topological polar surface area (TPSA) is 55.2 Å². The molecule has 18 heavy (non-hydrogen) atoms. The van der Waals surface area contributed by atoms with Gasteiger partial charge in [-0.15, -0.1) is 0 Å². The van der Waals surface area contributed by atoms with E-state index in [-0.39, 0.29) is 10.6 Å². The lowest BCUT2D eigenvalue weighted by Crippen LogP contribution is -1.97. The third-order valence-electron chi connectivity index (χ3n) is 2.83. The van der Waals surface area contributed by atoms with Crippen molar-refractivity contribution in [1.82, 2.24) is 0 Å². The van der Waals surface area contributed by atoms with E-state index in [0.29, 0.717) is 5.56 Å². The van der Waals surface area contributed by atoms with E-state index < -0.39 is 0 Å². The SMILES string of the molecule is Cc1ccc(Nc2cccc([N+](=O)[O-])c2C)cc1. The monoisotopic (exact) mass is 242 g/mol. The zero-order valence-corrected chi connectivity index (χ0v) is 10.3. The molecule has 0 bridgehead atoms. The number of rotatable bonds is 3. The van der Waals surface area contributed by atoms with Crippen LogP contribution in [-0.4, -0.2) is 4.92 Å². The number of nitro groups is 1. The van der Waals surface area contributed by atoms with Gasteiger partial charge in [-0.2, -0.15) is 0 Å². The molecule has 0 amide bonds. The van der Waals surface area contributed by atoms with E-state index in [4.69, 9.17) is 0 Å². The Bertz CT molecular complexity index is 577. The predicted molar refractivity (Wildman–Crippen MR) is 72.3 cm³/mol. The number of nitrogens with zero attached hydrogens (tertiary/aromatic N) is 1. The van der Waals surface area contributed by atoms with Crippen LogP contribution in [0, 0.1) is 24.0 Å². The zero-order chi connectivity index (χ0) is 13.1. The number of aryl methyl sites for hydroxylation is 1. The minimum Gasteiger partial charge on any atom is -0.355 e. The Morgan fingerprint density at radius 2 is 1.72 bits per heavy atom. The van der Waals surface area contributed by atoms with E-state index in [1.807, 2.05) is 37.3 Å². The molecule has 0 aliphatic carbocycles. The number of anilines is 2. The third-order valence-corrected chi connectivity index (χ3v) is 2.83. The molecular weight excluding hydrogens is 228 g/mol. The second-order valence-electron chi connectivity index (χ2n) is 4.20. The van der Waals surface area contributed by atoms with Crippen molar-refractivity contribution in [2.24, 2.45) is 0 Å². The minimum absolute atomic E-state index is 0.132. The molecule has 2 aromatic carbocycles. The van der Waals surface area contributed by atoms with Crippen molar-refractivity contribution >= 4 is 17.1 Å². The number of benzene rings is 2. The van der Waals surface area contributed by atoms with Gasteiger partial charge in [0.25, 0.3) is 5.69 Å². The van der Waals surface area contributed by atoms with Gasteiger partial charge in [0.1, 0.15) is 0 Å². The smallest absolute Gasteiger partial charge is 0.274 e. The zero-order valence-electron chi connectivity index (χ0n) is 10.3. The van der Waals surface area contributed by atoms with Gasteiger partial charge >= 0.3 is 0 Å². The molecule has 0 aliphatic rings. The van der Waals surface area contributed by atoms with Gasteiger partial charge in [-0.25, -0.2) is 0 Å². The molecule has 0 fully saturated rings. The molecule has 1 N–H and O–H groups in total. The van der Waals surface area contributed by atoms with Crippen molar-refractivity contribution in [3.8, 4) is 0 Å².